The van der Waals surface area contributed by atoms with E-state index >= 15 is 0 Å². The molecule has 3 N–H and O–H groups in total. The van der Waals surface area contributed by atoms with Gasteiger partial charge in [0.1, 0.15) is 0 Å². The van der Waals surface area contributed by atoms with E-state index in [-0.39, 0.29) is 18.2 Å². The molecule has 0 bridgehead atoms. The fraction of sp³-hybridized carbons (Fsp3) is 0.375. The smallest absolute Gasteiger partial charge is 0.303 e. The van der Waals surface area contributed by atoms with Gasteiger partial charge in [-0.15, -0.1) is 0 Å². The average Bonchev–Trinajstić information content (AvgIpc) is 2.72. The maximum Gasteiger partial charge on any atom is 0.303 e. The number of rotatable bonds is 6. The first-order valence-corrected chi connectivity index (χ1v) is 7.02. The fourth-order valence-corrected chi connectivity index (χ4v) is 2.44. The number of aliphatic carboxylic acids is 1. The summed E-state index contributed by atoms with van der Waals surface area (Å²) in [5, 5.41) is 12.6. The van der Waals surface area contributed by atoms with Gasteiger partial charge < -0.3 is 15.4 Å². The molecule has 1 unspecified atom stereocenters. The van der Waals surface area contributed by atoms with E-state index in [1.54, 1.807) is 0 Å². The standard InChI is InChI=1S/C16H20N2O3/c1-10(7-16(20)21)9-17-15(19)8-13-11(2)18-14-6-4-3-5-12(13)14/h3-6,10,18H,7-9H2,1-2H3,(H,17,19)(H,20,21). The summed E-state index contributed by atoms with van der Waals surface area (Å²) < 4.78 is 0. The Morgan fingerprint density at radius 1 is 1.33 bits per heavy atom. The molecule has 1 aromatic carbocycles. The second-order valence-electron chi connectivity index (χ2n) is 5.46. The number of nitrogens with one attached hydrogen (secondary N) is 2. The van der Waals surface area contributed by atoms with Gasteiger partial charge in [0.25, 0.3) is 0 Å². The van der Waals surface area contributed by atoms with Crippen LogP contribution in [0.2, 0.25) is 0 Å². The van der Waals surface area contributed by atoms with Crippen molar-refractivity contribution in [2.24, 2.45) is 5.92 Å². The number of carboxylic acid groups (broad SMARTS) is 1. The Kier molecular flexibility index (Phi) is 4.62. The highest BCUT2D eigenvalue weighted by atomic mass is 16.4. The molecule has 5 heteroatoms. The summed E-state index contributed by atoms with van der Waals surface area (Å²) in [4.78, 5) is 25.9. The van der Waals surface area contributed by atoms with Gasteiger partial charge in [-0.25, -0.2) is 0 Å². The number of hydrogen-bond acceptors (Lipinski definition) is 2. The molecule has 5 nitrogen and oxygen atoms in total. The Hall–Kier alpha value is -2.30. The number of benzene rings is 1. The predicted molar refractivity (Wildman–Crippen MR) is 81.2 cm³/mol. The van der Waals surface area contributed by atoms with Crippen molar-refractivity contribution in [1.82, 2.24) is 10.3 Å². The van der Waals surface area contributed by atoms with Gasteiger partial charge >= 0.3 is 5.97 Å². The third-order valence-electron chi connectivity index (χ3n) is 3.54. The van der Waals surface area contributed by atoms with Crippen LogP contribution in [0.15, 0.2) is 24.3 Å². The van der Waals surface area contributed by atoms with E-state index in [1.165, 1.54) is 0 Å². The minimum Gasteiger partial charge on any atom is -0.481 e. The predicted octanol–water partition coefficient (Wildman–Crippen LogP) is 2.25. The first kappa shape index (κ1) is 15.1. The van der Waals surface area contributed by atoms with Crippen LogP contribution in [0.5, 0.6) is 0 Å². The lowest BCUT2D eigenvalue weighted by atomic mass is 10.1. The summed E-state index contributed by atoms with van der Waals surface area (Å²) in [6, 6.07) is 7.88. The highest BCUT2D eigenvalue weighted by Crippen LogP contribution is 2.22. The summed E-state index contributed by atoms with van der Waals surface area (Å²) in [5.41, 5.74) is 3.01. The summed E-state index contributed by atoms with van der Waals surface area (Å²) in [7, 11) is 0. The Balaban J connectivity index is 1.98. The van der Waals surface area contributed by atoms with E-state index in [0.29, 0.717) is 13.0 Å². The molecule has 2 aromatic rings. The summed E-state index contributed by atoms with van der Waals surface area (Å²) in [6.07, 6.45) is 0.363. The van der Waals surface area contributed by atoms with Crippen molar-refractivity contribution in [3.63, 3.8) is 0 Å². The Bertz CT molecular complexity index is 661. The quantitative estimate of drug-likeness (QED) is 0.762. The Labute approximate surface area is 123 Å². The van der Waals surface area contributed by atoms with Crippen molar-refractivity contribution < 1.29 is 14.7 Å². The lowest BCUT2D eigenvalue weighted by molar-refractivity contribution is -0.138. The third-order valence-corrected chi connectivity index (χ3v) is 3.54. The molecule has 1 amide bonds. The largest absolute Gasteiger partial charge is 0.481 e. The van der Waals surface area contributed by atoms with Crippen LogP contribution in [0.1, 0.15) is 24.6 Å². The molecule has 0 saturated carbocycles. The SMILES string of the molecule is Cc1[nH]c2ccccc2c1CC(=O)NCC(C)CC(=O)O. The highest BCUT2D eigenvalue weighted by molar-refractivity contribution is 5.90. The number of carbonyl (C=O) groups excluding carboxylic acids is 1. The number of H-pyrrole nitrogens is 1. The molecular formula is C16H20N2O3. The number of carboxylic acids is 1. The molecule has 1 atom stereocenters. The third kappa shape index (κ3) is 3.84. The number of aryl methyl sites for hydroxylation is 1. The van der Waals surface area contributed by atoms with Crippen LogP contribution in [0.3, 0.4) is 0 Å². The van der Waals surface area contributed by atoms with Crippen LogP contribution >= 0.6 is 0 Å². The van der Waals surface area contributed by atoms with Crippen molar-refractivity contribution in [3.8, 4) is 0 Å². The molecular weight excluding hydrogens is 268 g/mol. The van der Waals surface area contributed by atoms with E-state index in [0.717, 1.165) is 22.2 Å². The van der Waals surface area contributed by atoms with Crippen molar-refractivity contribution in [1.29, 1.82) is 0 Å². The van der Waals surface area contributed by atoms with Gasteiger partial charge in [0, 0.05) is 29.6 Å². The van der Waals surface area contributed by atoms with Crippen LogP contribution in [-0.4, -0.2) is 28.5 Å². The van der Waals surface area contributed by atoms with Crippen molar-refractivity contribution in [3.05, 3.63) is 35.5 Å². The van der Waals surface area contributed by atoms with Gasteiger partial charge in [-0.05, 0) is 24.5 Å². The zero-order valence-corrected chi connectivity index (χ0v) is 12.3. The van der Waals surface area contributed by atoms with Crippen LogP contribution in [0.25, 0.3) is 10.9 Å². The van der Waals surface area contributed by atoms with E-state index in [9.17, 15) is 9.59 Å². The van der Waals surface area contributed by atoms with E-state index < -0.39 is 5.97 Å². The van der Waals surface area contributed by atoms with Crippen LogP contribution in [0.4, 0.5) is 0 Å². The monoisotopic (exact) mass is 288 g/mol. The molecule has 112 valence electrons. The lowest BCUT2D eigenvalue weighted by Gasteiger charge is -2.10. The van der Waals surface area contributed by atoms with E-state index in [1.807, 2.05) is 38.1 Å². The van der Waals surface area contributed by atoms with Gasteiger partial charge in [-0.3, -0.25) is 9.59 Å². The van der Waals surface area contributed by atoms with E-state index in [2.05, 4.69) is 10.3 Å². The summed E-state index contributed by atoms with van der Waals surface area (Å²) in [6.45, 7) is 4.15. The second-order valence-corrected chi connectivity index (χ2v) is 5.46. The maximum absolute atomic E-state index is 12.0. The van der Waals surface area contributed by atoms with Crippen molar-refractivity contribution in [2.45, 2.75) is 26.7 Å². The Morgan fingerprint density at radius 2 is 2.05 bits per heavy atom. The molecule has 2 rings (SSSR count). The highest BCUT2D eigenvalue weighted by Gasteiger charge is 2.13. The van der Waals surface area contributed by atoms with Gasteiger partial charge in [0.05, 0.1) is 6.42 Å². The molecule has 0 aliphatic heterocycles. The molecule has 0 aliphatic carbocycles. The molecule has 0 fully saturated rings. The zero-order valence-electron chi connectivity index (χ0n) is 12.3. The number of hydrogen-bond donors (Lipinski definition) is 3. The van der Waals surface area contributed by atoms with Gasteiger partial charge in [-0.1, -0.05) is 25.1 Å². The second kappa shape index (κ2) is 6.43. The van der Waals surface area contributed by atoms with Crippen LogP contribution < -0.4 is 5.32 Å². The number of aromatic nitrogens is 1. The molecule has 0 spiro atoms. The normalized spacial score (nSPS) is 12.3. The van der Waals surface area contributed by atoms with Gasteiger partial charge in [0.2, 0.25) is 5.91 Å². The zero-order chi connectivity index (χ0) is 15.4. The minimum absolute atomic E-state index is 0.0619. The molecule has 1 aromatic heterocycles. The van der Waals surface area contributed by atoms with Crippen molar-refractivity contribution >= 4 is 22.8 Å². The average molecular weight is 288 g/mol. The number of fused-ring (bicyclic) bond motifs is 1. The number of amides is 1. The summed E-state index contributed by atoms with van der Waals surface area (Å²) >= 11 is 0. The number of aromatic amines is 1. The summed E-state index contributed by atoms with van der Waals surface area (Å²) in [5.74, 6) is -1.00. The van der Waals surface area contributed by atoms with Crippen LogP contribution in [0, 0.1) is 12.8 Å². The van der Waals surface area contributed by atoms with Crippen molar-refractivity contribution in [2.75, 3.05) is 6.54 Å². The first-order chi connectivity index (χ1) is 9.97. The Morgan fingerprint density at radius 3 is 2.76 bits per heavy atom. The van der Waals surface area contributed by atoms with Gasteiger partial charge in [-0.2, -0.15) is 0 Å². The molecule has 0 saturated heterocycles. The topological polar surface area (TPSA) is 82.2 Å². The fourth-order valence-electron chi connectivity index (χ4n) is 2.44. The maximum atomic E-state index is 12.0. The molecule has 0 aliphatic rings. The number of carbonyl (C=O) groups is 2. The van der Waals surface area contributed by atoms with Crippen LogP contribution in [-0.2, 0) is 16.0 Å². The number of para-hydroxylation sites is 1. The minimum atomic E-state index is -0.843. The molecule has 0 radical (unpaired) electrons. The molecule has 21 heavy (non-hydrogen) atoms. The first-order valence-electron chi connectivity index (χ1n) is 7.02. The van der Waals surface area contributed by atoms with Gasteiger partial charge in [0.15, 0.2) is 0 Å². The van der Waals surface area contributed by atoms with E-state index in [4.69, 9.17) is 5.11 Å². The lowest BCUT2D eigenvalue weighted by Crippen LogP contribution is -2.30. The molecule has 1 heterocycles.